The maximum absolute atomic E-state index is 9.10. The second-order valence-electron chi connectivity index (χ2n) is 4.32. The molecule has 90 valence electrons. The number of aromatic nitrogens is 3. The number of fused-ring (bicyclic) bond motifs is 1. The number of H-pyrrole nitrogens is 1. The first-order valence-electron chi connectivity index (χ1n) is 5.79. The van der Waals surface area contributed by atoms with E-state index in [1.807, 2.05) is 43.5 Å². The molecule has 0 atom stereocenters. The maximum atomic E-state index is 9.10. The van der Waals surface area contributed by atoms with E-state index in [0.717, 1.165) is 33.7 Å². The molecular formula is C14H13N3O. The Labute approximate surface area is 104 Å². The van der Waals surface area contributed by atoms with E-state index >= 15 is 0 Å². The monoisotopic (exact) mass is 239 g/mol. The van der Waals surface area contributed by atoms with Gasteiger partial charge in [0.1, 0.15) is 5.69 Å². The van der Waals surface area contributed by atoms with E-state index in [2.05, 4.69) is 15.0 Å². The average molecular weight is 239 g/mol. The summed E-state index contributed by atoms with van der Waals surface area (Å²) in [5.74, 6) is 0.750. The molecule has 0 amide bonds. The van der Waals surface area contributed by atoms with Crippen molar-refractivity contribution in [3.8, 4) is 11.5 Å². The van der Waals surface area contributed by atoms with Gasteiger partial charge >= 0.3 is 0 Å². The van der Waals surface area contributed by atoms with Crippen LogP contribution in [0.4, 0.5) is 0 Å². The molecule has 0 radical (unpaired) electrons. The second kappa shape index (κ2) is 4.23. The number of aliphatic hydroxyl groups excluding tert-OH is 1. The van der Waals surface area contributed by atoms with Crippen LogP contribution in [0, 0.1) is 6.92 Å². The Morgan fingerprint density at radius 2 is 2.11 bits per heavy atom. The van der Waals surface area contributed by atoms with Crippen LogP contribution in [0.2, 0.25) is 0 Å². The lowest BCUT2D eigenvalue weighted by molar-refractivity contribution is 0.282. The minimum atomic E-state index is 0.0348. The molecule has 0 fully saturated rings. The largest absolute Gasteiger partial charge is 0.392 e. The van der Waals surface area contributed by atoms with Crippen molar-refractivity contribution in [3.05, 3.63) is 47.7 Å². The van der Waals surface area contributed by atoms with Crippen LogP contribution in [0.3, 0.4) is 0 Å². The van der Waals surface area contributed by atoms with Crippen LogP contribution in [-0.4, -0.2) is 20.1 Å². The summed E-state index contributed by atoms with van der Waals surface area (Å²) in [5.41, 5.74) is 4.61. The van der Waals surface area contributed by atoms with Crippen molar-refractivity contribution in [1.82, 2.24) is 15.0 Å². The molecule has 1 aromatic carbocycles. The Kier molecular flexibility index (Phi) is 2.57. The summed E-state index contributed by atoms with van der Waals surface area (Å²) in [7, 11) is 0. The van der Waals surface area contributed by atoms with Gasteiger partial charge in [-0.05, 0) is 36.2 Å². The number of aryl methyl sites for hydroxylation is 1. The number of nitrogens with zero attached hydrogens (tertiary/aromatic N) is 2. The highest BCUT2D eigenvalue weighted by molar-refractivity contribution is 5.79. The Morgan fingerprint density at radius 1 is 1.22 bits per heavy atom. The minimum Gasteiger partial charge on any atom is -0.392 e. The van der Waals surface area contributed by atoms with Crippen molar-refractivity contribution in [2.24, 2.45) is 0 Å². The van der Waals surface area contributed by atoms with Crippen molar-refractivity contribution in [1.29, 1.82) is 0 Å². The van der Waals surface area contributed by atoms with Crippen molar-refractivity contribution >= 4 is 11.0 Å². The van der Waals surface area contributed by atoms with Crippen LogP contribution in [0.25, 0.3) is 22.6 Å². The summed E-state index contributed by atoms with van der Waals surface area (Å²) in [5, 5.41) is 9.10. The highest BCUT2D eigenvalue weighted by Crippen LogP contribution is 2.20. The van der Waals surface area contributed by atoms with Gasteiger partial charge < -0.3 is 10.1 Å². The van der Waals surface area contributed by atoms with Crippen LogP contribution in [0.15, 0.2) is 36.5 Å². The van der Waals surface area contributed by atoms with Crippen LogP contribution >= 0.6 is 0 Å². The van der Waals surface area contributed by atoms with E-state index in [1.165, 1.54) is 0 Å². The Morgan fingerprint density at radius 3 is 2.83 bits per heavy atom. The third-order valence-corrected chi connectivity index (χ3v) is 2.88. The second-order valence-corrected chi connectivity index (χ2v) is 4.32. The van der Waals surface area contributed by atoms with Gasteiger partial charge in [0, 0.05) is 6.20 Å². The third kappa shape index (κ3) is 1.87. The zero-order valence-electron chi connectivity index (χ0n) is 10.0. The molecule has 0 aliphatic carbocycles. The molecule has 0 unspecified atom stereocenters. The number of imidazole rings is 1. The zero-order valence-corrected chi connectivity index (χ0v) is 10.0. The van der Waals surface area contributed by atoms with Crippen molar-refractivity contribution < 1.29 is 5.11 Å². The molecule has 0 saturated heterocycles. The topological polar surface area (TPSA) is 61.8 Å². The van der Waals surface area contributed by atoms with Gasteiger partial charge in [-0.1, -0.05) is 12.1 Å². The van der Waals surface area contributed by atoms with Crippen LogP contribution in [0.1, 0.15) is 11.1 Å². The maximum Gasteiger partial charge on any atom is 0.157 e. The predicted molar refractivity (Wildman–Crippen MR) is 70.0 cm³/mol. The highest BCUT2D eigenvalue weighted by atomic mass is 16.3. The summed E-state index contributed by atoms with van der Waals surface area (Å²) in [6.07, 6.45) is 1.82. The molecule has 2 heterocycles. The Hall–Kier alpha value is -2.20. The number of aromatic amines is 1. The minimum absolute atomic E-state index is 0.0348. The highest BCUT2D eigenvalue weighted by Gasteiger charge is 2.06. The van der Waals surface area contributed by atoms with Gasteiger partial charge in [0.15, 0.2) is 5.82 Å². The molecule has 3 rings (SSSR count). The number of rotatable bonds is 2. The van der Waals surface area contributed by atoms with Gasteiger partial charge in [-0.3, -0.25) is 4.98 Å². The fourth-order valence-corrected chi connectivity index (χ4v) is 1.88. The van der Waals surface area contributed by atoms with Gasteiger partial charge in [-0.25, -0.2) is 4.98 Å². The Bertz CT molecular complexity index is 686. The lowest BCUT2D eigenvalue weighted by atomic mass is 10.2. The Balaban J connectivity index is 2.10. The summed E-state index contributed by atoms with van der Waals surface area (Å²) >= 11 is 0. The molecular weight excluding hydrogens is 226 g/mol. The van der Waals surface area contributed by atoms with E-state index in [9.17, 15) is 0 Å². The quantitative estimate of drug-likeness (QED) is 0.722. The van der Waals surface area contributed by atoms with Gasteiger partial charge in [0.25, 0.3) is 0 Å². The van der Waals surface area contributed by atoms with Crippen molar-refractivity contribution in [3.63, 3.8) is 0 Å². The molecule has 0 bridgehead atoms. The van der Waals surface area contributed by atoms with E-state index < -0.39 is 0 Å². The number of aliphatic hydroxyl groups is 1. The summed E-state index contributed by atoms with van der Waals surface area (Å²) < 4.78 is 0. The summed E-state index contributed by atoms with van der Waals surface area (Å²) in [6.45, 7) is 2.04. The van der Waals surface area contributed by atoms with Crippen LogP contribution < -0.4 is 0 Å². The molecule has 0 aliphatic rings. The van der Waals surface area contributed by atoms with Crippen LogP contribution in [-0.2, 0) is 6.61 Å². The van der Waals surface area contributed by atoms with Crippen molar-refractivity contribution in [2.75, 3.05) is 0 Å². The third-order valence-electron chi connectivity index (χ3n) is 2.88. The lowest BCUT2D eigenvalue weighted by Gasteiger charge is -1.95. The van der Waals surface area contributed by atoms with Gasteiger partial charge in [0.2, 0.25) is 0 Å². The molecule has 18 heavy (non-hydrogen) atoms. The fourth-order valence-electron chi connectivity index (χ4n) is 1.88. The molecule has 2 aromatic heterocycles. The van der Waals surface area contributed by atoms with Crippen molar-refractivity contribution in [2.45, 2.75) is 13.5 Å². The molecule has 0 saturated carbocycles. The number of benzene rings is 1. The summed E-state index contributed by atoms with van der Waals surface area (Å²) in [4.78, 5) is 12.1. The number of nitrogens with one attached hydrogen (secondary N) is 1. The van der Waals surface area contributed by atoms with E-state index in [4.69, 9.17) is 5.11 Å². The van der Waals surface area contributed by atoms with Gasteiger partial charge in [-0.15, -0.1) is 0 Å². The SMILES string of the molecule is Cc1ccc(-c2nc3ccc(CO)cc3[nH]2)nc1. The number of pyridine rings is 1. The predicted octanol–water partition coefficient (Wildman–Crippen LogP) is 2.43. The fraction of sp³-hybridized carbons (Fsp3) is 0.143. The molecule has 4 nitrogen and oxygen atoms in total. The first-order valence-corrected chi connectivity index (χ1v) is 5.79. The van der Waals surface area contributed by atoms with E-state index in [-0.39, 0.29) is 6.61 Å². The molecule has 4 heteroatoms. The first kappa shape index (κ1) is 10.9. The number of hydrogen-bond acceptors (Lipinski definition) is 3. The van der Waals surface area contributed by atoms with E-state index in [0.29, 0.717) is 0 Å². The van der Waals surface area contributed by atoms with Crippen LogP contribution in [0.5, 0.6) is 0 Å². The van der Waals surface area contributed by atoms with Gasteiger partial charge in [-0.2, -0.15) is 0 Å². The standard InChI is InChI=1S/C14H13N3O/c1-9-2-4-12(15-7-9)14-16-11-5-3-10(8-18)6-13(11)17-14/h2-7,18H,8H2,1H3,(H,16,17). The molecule has 2 N–H and O–H groups in total. The lowest BCUT2D eigenvalue weighted by Crippen LogP contribution is -1.85. The van der Waals surface area contributed by atoms with Gasteiger partial charge in [0.05, 0.1) is 17.6 Å². The van der Waals surface area contributed by atoms with E-state index in [1.54, 1.807) is 0 Å². The molecule has 0 aliphatic heterocycles. The molecule has 3 aromatic rings. The normalized spacial score (nSPS) is 11.0. The smallest absolute Gasteiger partial charge is 0.157 e. The molecule has 0 spiro atoms. The first-order chi connectivity index (χ1) is 8.76. The summed E-state index contributed by atoms with van der Waals surface area (Å²) in [6, 6.07) is 9.62. The zero-order chi connectivity index (χ0) is 12.5. The number of hydrogen-bond donors (Lipinski definition) is 2. The average Bonchev–Trinajstić information content (AvgIpc) is 2.82.